The topological polar surface area (TPSA) is 83.5 Å². The third-order valence-electron chi connectivity index (χ3n) is 2.30. The van der Waals surface area contributed by atoms with Gasteiger partial charge in [0.1, 0.15) is 0 Å². The Morgan fingerprint density at radius 3 is 2.68 bits per heavy atom. The summed E-state index contributed by atoms with van der Waals surface area (Å²) < 4.78 is 40.6. The Balaban J connectivity index is 2.05. The highest BCUT2D eigenvalue weighted by Crippen LogP contribution is 2.30. The molecule has 22 heavy (non-hydrogen) atoms. The first-order chi connectivity index (χ1) is 10.4. The number of para-hydroxylation sites is 2. The lowest BCUT2D eigenvalue weighted by Crippen LogP contribution is -2.22. The first-order valence-electron chi connectivity index (χ1n) is 5.85. The number of carbonyl (C=O) groups is 1. The van der Waals surface area contributed by atoms with Crippen molar-refractivity contribution in [3.05, 3.63) is 35.3 Å². The fraction of sp³-hybridized carbons (Fsp3) is 0.167. The van der Waals surface area contributed by atoms with Gasteiger partial charge >= 0.3 is 12.4 Å². The van der Waals surface area contributed by atoms with Gasteiger partial charge in [-0.3, -0.25) is 5.32 Å². The predicted molar refractivity (Wildman–Crippen MR) is 73.8 cm³/mol. The smallest absolute Gasteiger partial charge is 0.404 e. The van der Waals surface area contributed by atoms with Crippen LogP contribution in [0, 0.1) is 0 Å². The van der Waals surface area contributed by atoms with E-state index in [1.165, 1.54) is 23.6 Å². The maximum absolute atomic E-state index is 12.3. The molecule has 0 radical (unpaired) electrons. The van der Waals surface area contributed by atoms with Crippen LogP contribution in [0.15, 0.2) is 29.6 Å². The third-order valence-corrected chi connectivity index (χ3v) is 3.10. The lowest BCUT2D eigenvalue weighted by atomic mass is 10.3. The molecule has 2 aromatic rings. The van der Waals surface area contributed by atoms with Gasteiger partial charge in [-0.25, -0.2) is 9.78 Å². The van der Waals surface area contributed by atoms with Crippen molar-refractivity contribution in [2.45, 2.75) is 13.0 Å². The molecule has 0 saturated carbocycles. The second kappa shape index (κ2) is 6.62. The van der Waals surface area contributed by atoms with Crippen LogP contribution in [-0.4, -0.2) is 22.5 Å². The predicted octanol–water partition coefficient (Wildman–Crippen LogP) is 3.18. The summed E-state index contributed by atoms with van der Waals surface area (Å²) in [4.78, 5) is 15.6. The maximum Gasteiger partial charge on any atom is 0.573 e. The molecule has 6 nitrogen and oxygen atoms in total. The largest absolute Gasteiger partial charge is 0.573 e. The van der Waals surface area contributed by atoms with Crippen LogP contribution in [0.1, 0.15) is 5.69 Å². The molecule has 118 valence electrons. The van der Waals surface area contributed by atoms with Gasteiger partial charge in [-0.05, 0) is 12.1 Å². The van der Waals surface area contributed by atoms with E-state index in [0.29, 0.717) is 5.69 Å². The van der Waals surface area contributed by atoms with Crippen LogP contribution < -0.4 is 15.4 Å². The third kappa shape index (κ3) is 4.60. The van der Waals surface area contributed by atoms with E-state index in [0.717, 1.165) is 17.4 Å². The van der Waals surface area contributed by atoms with Gasteiger partial charge in [-0.15, -0.1) is 24.5 Å². The lowest BCUT2D eigenvalue weighted by molar-refractivity contribution is -0.274. The molecule has 0 fully saturated rings. The van der Waals surface area contributed by atoms with Gasteiger partial charge in [0.15, 0.2) is 10.9 Å². The Morgan fingerprint density at radius 2 is 2.05 bits per heavy atom. The molecular weight excluding hydrogens is 323 g/mol. The Bertz CT molecular complexity index is 660. The molecule has 0 aliphatic carbocycles. The number of amides is 2. The van der Waals surface area contributed by atoms with Crippen LogP contribution in [0.4, 0.5) is 28.8 Å². The van der Waals surface area contributed by atoms with Gasteiger partial charge in [0, 0.05) is 5.38 Å². The number of aromatic nitrogens is 1. The molecule has 0 spiro atoms. The van der Waals surface area contributed by atoms with Gasteiger partial charge in [0.25, 0.3) is 0 Å². The average molecular weight is 333 g/mol. The van der Waals surface area contributed by atoms with E-state index in [4.69, 9.17) is 5.11 Å². The quantitative estimate of drug-likeness (QED) is 0.802. The number of hydrogen-bond donors (Lipinski definition) is 3. The SMILES string of the molecule is O=C(Nc1nc(CO)cs1)Nc1ccccc1OC(F)(F)F. The van der Waals surface area contributed by atoms with Crippen LogP contribution in [-0.2, 0) is 6.61 Å². The molecular formula is C12H10F3N3O3S. The van der Waals surface area contributed by atoms with Gasteiger partial charge in [-0.2, -0.15) is 0 Å². The van der Waals surface area contributed by atoms with Crippen LogP contribution in [0.3, 0.4) is 0 Å². The zero-order valence-corrected chi connectivity index (χ0v) is 11.7. The molecule has 1 aromatic carbocycles. The summed E-state index contributed by atoms with van der Waals surface area (Å²) in [7, 11) is 0. The summed E-state index contributed by atoms with van der Waals surface area (Å²) in [6.07, 6.45) is -4.86. The van der Waals surface area contributed by atoms with E-state index in [-0.39, 0.29) is 17.4 Å². The number of rotatable bonds is 4. The molecule has 0 bridgehead atoms. The summed E-state index contributed by atoms with van der Waals surface area (Å²) in [5, 5.41) is 15.2. The van der Waals surface area contributed by atoms with Crippen molar-refractivity contribution in [2.24, 2.45) is 0 Å². The highest BCUT2D eigenvalue weighted by molar-refractivity contribution is 7.13. The number of urea groups is 1. The Hall–Kier alpha value is -2.33. The van der Waals surface area contributed by atoms with E-state index < -0.39 is 18.1 Å². The van der Waals surface area contributed by atoms with Gasteiger partial charge < -0.3 is 15.2 Å². The number of nitrogens with zero attached hydrogens (tertiary/aromatic N) is 1. The highest BCUT2D eigenvalue weighted by Gasteiger charge is 2.32. The molecule has 2 rings (SSSR count). The Morgan fingerprint density at radius 1 is 1.32 bits per heavy atom. The summed E-state index contributed by atoms with van der Waals surface area (Å²) in [5.41, 5.74) is 0.234. The molecule has 0 aliphatic rings. The second-order valence-electron chi connectivity index (χ2n) is 3.93. The molecule has 0 atom stereocenters. The van der Waals surface area contributed by atoms with Crippen molar-refractivity contribution in [3.63, 3.8) is 0 Å². The van der Waals surface area contributed by atoms with E-state index in [1.807, 2.05) is 0 Å². The Kier molecular flexibility index (Phi) is 4.83. The fourth-order valence-corrected chi connectivity index (χ4v) is 2.17. The van der Waals surface area contributed by atoms with E-state index >= 15 is 0 Å². The van der Waals surface area contributed by atoms with Crippen molar-refractivity contribution in [3.8, 4) is 5.75 Å². The molecule has 1 aromatic heterocycles. The zero-order valence-electron chi connectivity index (χ0n) is 10.8. The monoisotopic (exact) mass is 333 g/mol. The molecule has 1 heterocycles. The number of aliphatic hydroxyl groups excluding tert-OH is 1. The number of aliphatic hydroxyl groups is 1. The van der Waals surface area contributed by atoms with Crippen molar-refractivity contribution < 1.29 is 27.8 Å². The number of carbonyl (C=O) groups excluding carboxylic acids is 1. The number of halogens is 3. The number of hydrogen-bond acceptors (Lipinski definition) is 5. The molecule has 3 N–H and O–H groups in total. The number of ether oxygens (including phenoxy) is 1. The van der Waals surface area contributed by atoms with E-state index in [9.17, 15) is 18.0 Å². The summed E-state index contributed by atoms with van der Waals surface area (Å²) in [6.45, 7) is -0.276. The highest BCUT2D eigenvalue weighted by atomic mass is 32.1. The summed E-state index contributed by atoms with van der Waals surface area (Å²) in [5.74, 6) is -0.527. The average Bonchev–Trinajstić information content (AvgIpc) is 2.87. The zero-order chi connectivity index (χ0) is 16.2. The number of nitrogens with one attached hydrogen (secondary N) is 2. The molecule has 0 unspecified atom stereocenters. The van der Waals surface area contributed by atoms with Gasteiger partial charge in [0.05, 0.1) is 18.0 Å². The van der Waals surface area contributed by atoms with Gasteiger partial charge in [-0.1, -0.05) is 12.1 Å². The van der Waals surface area contributed by atoms with Gasteiger partial charge in [0.2, 0.25) is 0 Å². The molecule has 0 aliphatic heterocycles. The second-order valence-corrected chi connectivity index (χ2v) is 4.78. The fourth-order valence-electron chi connectivity index (χ4n) is 1.47. The van der Waals surface area contributed by atoms with Crippen LogP contribution >= 0.6 is 11.3 Å². The van der Waals surface area contributed by atoms with Crippen LogP contribution in [0.5, 0.6) is 5.75 Å². The number of benzene rings is 1. The van der Waals surface area contributed by atoms with Crippen LogP contribution in [0.25, 0.3) is 0 Å². The minimum Gasteiger partial charge on any atom is -0.404 e. The first-order valence-corrected chi connectivity index (χ1v) is 6.73. The molecule has 2 amide bonds. The Labute approximate surface area is 126 Å². The number of thiazole rings is 1. The molecule has 0 saturated heterocycles. The minimum absolute atomic E-state index is 0.142. The van der Waals surface area contributed by atoms with E-state index in [2.05, 4.69) is 20.4 Å². The minimum atomic E-state index is -4.86. The standard InChI is InChI=1S/C12H10F3N3O3S/c13-12(14,15)21-9-4-2-1-3-8(9)17-10(20)18-11-16-7(5-19)6-22-11/h1-4,6,19H,5H2,(H2,16,17,18,20). The van der Waals surface area contributed by atoms with Crippen molar-refractivity contribution >= 4 is 28.2 Å². The van der Waals surface area contributed by atoms with Crippen molar-refractivity contribution in [2.75, 3.05) is 10.6 Å². The van der Waals surface area contributed by atoms with Crippen LogP contribution in [0.2, 0.25) is 0 Å². The summed E-state index contributed by atoms with van der Waals surface area (Å²) >= 11 is 1.07. The van der Waals surface area contributed by atoms with Crippen molar-refractivity contribution in [1.82, 2.24) is 4.98 Å². The normalized spacial score (nSPS) is 11.1. The molecule has 10 heteroatoms. The first kappa shape index (κ1) is 16.0. The van der Waals surface area contributed by atoms with E-state index in [1.54, 1.807) is 0 Å². The number of anilines is 2. The summed E-state index contributed by atoms with van der Waals surface area (Å²) in [6, 6.07) is 4.36. The maximum atomic E-state index is 12.3. The number of alkyl halides is 3. The van der Waals surface area contributed by atoms with Crippen molar-refractivity contribution in [1.29, 1.82) is 0 Å². The lowest BCUT2D eigenvalue weighted by Gasteiger charge is -2.13.